The highest BCUT2D eigenvalue weighted by molar-refractivity contribution is 5.55. The zero-order valence-electron chi connectivity index (χ0n) is 161. The van der Waals surface area contributed by atoms with Crippen LogP contribution in [0, 0.1) is 70.9 Å². The van der Waals surface area contributed by atoms with E-state index >= 15 is 0 Å². The van der Waals surface area contributed by atoms with Crippen molar-refractivity contribution in [2.24, 2.45) is 70.9 Å². The number of aliphatic hydroxyl groups is 6. The van der Waals surface area contributed by atoms with E-state index in [1.807, 2.05) is 0 Å². The number of nitrogens with zero attached hydrogens (tertiary/aromatic N) is 6. The van der Waals surface area contributed by atoms with Crippen molar-refractivity contribution < 1.29 is 200 Å². The van der Waals surface area contributed by atoms with Gasteiger partial charge in [-0.05, 0) is 325 Å². The maximum absolute atomic E-state index is 11.2. The molecule has 20 atom stereocenters. The van der Waals surface area contributed by atoms with E-state index in [1.165, 1.54) is 86.8 Å². The summed E-state index contributed by atoms with van der Waals surface area (Å²) < 4.78 is 742. The van der Waals surface area contributed by atoms with Gasteiger partial charge in [-0.3, -0.25) is 29.4 Å². The highest BCUT2D eigenvalue weighted by atomic mass is 16.5. The third-order valence-corrected chi connectivity index (χ3v) is 22.8. The third kappa shape index (κ3) is 25.4. The summed E-state index contributed by atoms with van der Waals surface area (Å²) in [4.78, 5) is 1.79. The van der Waals surface area contributed by atoms with Gasteiger partial charge in [0, 0.05) is 196 Å². The number of benzene rings is 6. The van der Waals surface area contributed by atoms with Crippen LogP contribution in [0.1, 0.15) is 375 Å². The second-order valence-electron chi connectivity index (χ2n) is 34.5. The van der Waals surface area contributed by atoms with E-state index in [0.717, 1.165) is 18.2 Å². The molecule has 0 amide bonds. The number of fused-ring (bicyclic) bond motifs is 18. The molecule has 24 nitrogen and oxygen atoms in total. The van der Waals surface area contributed by atoms with Crippen molar-refractivity contribution in [1.29, 1.82) is 0 Å². The SMILES string of the molecule is [2H]C([2H])([2H])Oc1cc2c(cc1OC([2H])([2H])[2H])C([2H])([2H])C([2H])([2H])N1[C@H]2C([2H])([2H])[C@@H](O)[C@@]([2H])(CC(C)C)C1([2H])[2H].[2H]C([2H])([2H])Oc1cc2c(cc1OC([2H])([2H])[2H])C([2H])([2H])C([2H])([2H])N1[C@H]2C([2H])([2H])[C@@]([2H])(O)[C@@]([2H])(CC(C)C)C1([2H])[2H].[2H]C([2H])([2H])Oc1cc2c(cc1OC([2H])([2H])[2H])C([2H])([2H])C([2H])([2H])N1[C@H]2C[C@@]([2H])(O)[C@@H](C([2H])([2H])C([2H])(C)C([2H])([2H])[2H])C1([2H])[2H].[2H]C1([2H])[C@@H](O)[C@@]([2H])(CC(C)C)C([2H])([2H])N2[C@@H]1c1cc(OC)c(OC)cc1C([2H])([2H])C2([2H])[2H].[2H]C1([2H])[C@H](C([2H])([2H])C([2H])(C)C([2H])([2H])[2H])[C@]([2H])(O)C[C@H]2c3cc(OC)c(OC)cc3C([2H])([2H])C([2H])([2H])N21.[2H]C1([2H])c2cc(OC)c(OC)cc2[C@H]2N(C1([2H])[2H])C([2H])([2H])[C@]([2H])(CC(C)C)[C@]([2H])(O)C2([2H])[2H]. The van der Waals surface area contributed by atoms with Gasteiger partial charge in [-0.1, -0.05) is 82.9 Å². The Bertz CT molecular complexity index is 8890. The second kappa shape index (κ2) is 49.1. The zero-order chi connectivity index (χ0) is 172. The molecule has 18 rings (SSSR count). The first-order valence-corrected chi connectivity index (χ1v) is 43.7. The molecule has 12 aliphatic rings. The van der Waals surface area contributed by atoms with Crippen molar-refractivity contribution in [3.8, 4) is 69.0 Å². The fourth-order valence-electron chi connectivity index (χ4n) is 16.4. The molecule has 138 heavy (non-hydrogen) atoms. The predicted octanol–water partition coefficient (Wildman–Crippen LogP) is 18.2. The van der Waals surface area contributed by atoms with Gasteiger partial charge in [0.1, 0.15) is 0 Å². The molecule has 6 saturated heterocycles. The van der Waals surface area contributed by atoms with Gasteiger partial charge in [0.25, 0.3) is 0 Å². The van der Waals surface area contributed by atoms with Gasteiger partial charge in [-0.25, -0.2) is 0 Å². The molecular weight excluding hydrogens is 1740 g/mol. The fourth-order valence-corrected chi connectivity index (χ4v) is 16.4. The number of piperidine rings is 6. The number of hydrogen-bond acceptors (Lipinski definition) is 24. The number of hydrogen-bond donors (Lipinski definition) is 6. The molecule has 12 heterocycles. The summed E-state index contributed by atoms with van der Waals surface area (Å²) in [5, 5.41) is 66.9. The molecule has 0 radical (unpaired) electrons. The lowest BCUT2D eigenvalue weighted by Crippen LogP contribution is -2.48. The van der Waals surface area contributed by atoms with Crippen molar-refractivity contribution in [3.63, 3.8) is 0 Å². The van der Waals surface area contributed by atoms with E-state index in [1.54, 1.807) is 41.5 Å². The average Bonchev–Trinajstić information content (AvgIpc) is 0.620. The summed E-state index contributed by atoms with van der Waals surface area (Å²) in [6.45, 7) is -31.7. The van der Waals surface area contributed by atoms with E-state index < -0.39 is 448 Å². The van der Waals surface area contributed by atoms with Crippen LogP contribution in [0.25, 0.3) is 0 Å². The first-order valence-electron chi connectivity index (χ1n) is 84.7. The summed E-state index contributed by atoms with van der Waals surface area (Å²) in [6.07, 6.45) is -58.6. The number of ether oxygens (including phenoxy) is 12. The maximum Gasteiger partial charge on any atom is 0.161 e. The fraction of sp³-hybridized carbons (Fsp3) is 0.684. The van der Waals surface area contributed by atoms with Gasteiger partial charge in [0.2, 0.25) is 0 Å². The van der Waals surface area contributed by atoms with Gasteiger partial charge in [0.15, 0.2) is 69.0 Å². The number of rotatable bonds is 24. The Kier molecular flexibility index (Phi) is 15.5. The number of methoxy groups -OCH3 is 12. The molecule has 0 bridgehead atoms. The summed E-state index contributed by atoms with van der Waals surface area (Å²) in [6, 6.07) is 0.141. The minimum absolute atomic E-state index is 0.00853. The van der Waals surface area contributed by atoms with E-state index in [-0.39, 0.29) is 94.9 Å². The Morgan fingerprint density at radius 3 is 0.746 bits per heavy atom. The summed E-state index contributed by atoms with van der Waals surface area (Å²) >= 11 is 0. The summed E-state index contributed by atoms with van der Waals surface area (Å²) in [5.41, 5.74) is -4.67. The highest BCUT2D eigenvalue weighted by Crippen LogP contribution is 2.52. The molecule has 6 fully saturated rings. The van der Waals surface area contributed by atoms with Crippen LogP contribution in [0.15, 0.2) is 72.8 Å². The normalized spacial score (nSPS) is 50.3. The minimum atomic E-state index is -3.57. The molecule has 768 valence electrons. The van der Waals surface area contributed by atoms with Crippen molar-refractivity contribution in [2.45, 2.75) is 271 Å². The van der Waals surface area contributed by atoms with E-state index in [9.17, 15) is 30.6 Å². The predicted molar refractivity (Wildman–Crippen MR) is 547 cm³/mol. The Hall–Kier alpha value is -7.56. The highest BCUT2D eigenvalue weighted by Gasteiger charge is 2.47. The van der Waals surface area contributed by atoms with Gasteiger partial charge < -0.3 is 87.5 Å². The first kappa shape index (κ1) is 43.4. The summed E-state index contributed by atoms with van der Waals surface area (Å²) in [5.74, 6) is -28.6. The first-order chi connectivity index (χ1) is 97.1. The molecule has 0 aromatic heterocycles. The van der Waals surface area contributed by atoms with Crippen molar-refractivity contribution >= 4 is 0 Å². The molecule has 6 aromatic rings. The molecule has 6 aromatic carbocycles. The minimum Gasteiger partial charge on any atom is -0.493 e. The Labute approximate surface area is 942 Å². The lowest BCUT2D eigenvalue weighted by Gasteiger charge is -2.46. The molecule has 0 aliphatic carbocycles. The van der Waals surface area contributed by atoms with Crippen molar-refractivity contribution in [1.82, 2.24) is 29.4 Å². The van der Waals surface area contributed by atoms with Gasteiger partial charge in [-0.15, -0.1) is 0 Å². The van der Waals surface area contributed by atoms with E-state index in [2.05, 4.69) is 0 Å². The average molecular weight is 2000 g/mol. The van der Waals surface area contributed by atoms with E-state index in [4.69, 9.17) is 169 Å². The van der Waals surface area contributed by atoms with Crippen LogP contribution in [-0.4, -0.2) is 259 Å². The van der Waals surface area contributed by atoms with Crippen LogP contribution >= 0.6 is 0 Å². The van der Waals surface area contributed by atoms with Crippen molar-refractivity contribution in [2.75, 3.05) is 163 Å². The van der Waals surface area contributed by atoms with Gasteiger partial charge in [-0.2, -0.15) is 0 Å². The van der Waals surface area contributed by atoms with Crippen LogP contribution in [0.2, 0.25) is 0 Å². The number of aliphatic hydroxyl groups excluding tert-OH is 2. The van der Waals surface area contributed by atoms with Crippen molar-refractivity contribution in [3.05, 3.63) is 140 Å². The molecule has 2 unspecified atom stereocenters. The van der Waals surface area contributed by atoms with Gasteiger partial charge >= 0.3 is 0 Å². The smallest absolute Gasteiger partial charge is 0.161 e. The largest absolute Gasteiger partial charge is 0.493 e. The van der Waals surface area contributed by atoms with E-state index in [0.29, 0.717) is 52.8 Å². The molecule has 6 N–H and O–H groups in total. The monoisotopic (exact) mass is 2000 g/mol. The second-order valence-corrected chi connectivity index (χ2v) is 34.5. The lowest BCUT2D eigenvalue weighted by atomic mass is 9.79. The Morgan fingerprint density at radius 2 is 0.507 bits per heavy atom. The third-order valence-electron chi connectivity index (χ3n) is 22.8. The van der Waals surface area contributed by atoms with Crippen LogP contribution in [0.5, 0.6) is 69.0 Å². The quantitative estimate of drug-likeness (QED) is 0.0329. The Balaban J connectivity index is 0.000000210. The number of aryl methyl sites for hydroxylation is 6. The van der Waals surface area contributed by atoms with Crippen LogP contribution < -0.4 is 56.8 Å². The van der Waals surface area contributed by atoms with Crippen LogP contribution in [-0.2, 0) is 38.2 Å². The molecule has 24 heteroatoms. The molecule has 12 aliphatic heterocycles. The molecule has 0 saturated carbocycles. The topological polar surface area (TPSA) is 252 Å². The lowest BCUT2D eigenvalue weighted by molar-refractivity contribution is -0.0192. The molecule has 0 spiro atoms. The molecular formula is C114H174N6O18. The van der Waals surface area contributed by atoms with Crippen LogP contribution in [0.3, 0.4) is 0 Å². The standard InChI is InChI=1S/6C19H29NO3/c6*1-12(2)7-14-11-20-6-5-13-8-18(22-3)19(23-4)9-15(13)16(20)10-17(14)21/h6*8-9,12,14,16-17,21H,5-7,10-11H2,1-4H3/t6*14-,16-,17+/m000000/s1/i1D3,3D3,4D3,5D2,6D2,7D2,11D2,12D,17D;3D3,4D3,5D2,6D2,10D2,11D2,14D,17D;3D3,4D3,5D2,6D2,10D2,11D2,14D;1D3,5D2,6D2,7D2,11D2,12D,17D;5D2,6D2,10D2,11D2,14D,17D;5D2,6D2,10D2,11D2,14D/t12?,14-,16-,17+;2m;12?,14-,16-,17+;2m. The zero-order valence-corrected chi connectivity index (χ0v) is 78.5. The Morgan fingerprint density at radius 1 is 0.297 bits per heavy atom. The summed E-state index contributed by atoms with van der Waals surface area (Å²) in [7, 11) is -11.3. The van der Waals surface area contributed by atoms with Crippen LogP contribution in [0.4, 0.5) is 0 Å². The maximum atomic E-state index is 11.2. The van der Waals surface area contributed by atoms with Gasteiger partial charge in [0.05, 0.1) is 152 Å².